The van der Waals surface area contributed by atoms with Crippen LogP contribution in [0.4, 0.5) is 10.1 Å². The Morgan fingerprint density at radius 3 is 2.67 bits per heavy atom. The number of nitrogen functional groups attached to an aromatic ring is 1. The molecule has 0 heterocycles. The predicted octanol–water partition coefficient (Wildman–Crippen LogP) is 3.38. The lowest BCUT2D eigenvalue weighted by molar-refractivity contribution is 0.481. The van der Waals surface area contributed by atoms with E-state index in [1.807, 2.05) is 6.07 Å². The number of hydrogen-bond acceptors (Lipinski definition) is 3. The highest BCUT2D eigenvalue weighted by Crippen LogP contribution is 2.31. The first-order chi connectivity index (χ1) is 8.61. The molecule has 2 N–H and O–H groups in total. The number of nitrogens with zero attached hydrogens (tertiary/aromatic N) is 1. The van der Waals surface area contributed by atoms with Crippen molar-refractivity contribution < 1.29 is 9.13 Å². The lowest BCUT2D eigenvalue weighted by Gasteiger charge is -2.10. The summed E-state index contributed by atoms with van der Waals surface area (Å²) in [4.78, 5) is 0. The quantitative estimate of drug-likeness (QED) is 0.821. The molecular formula is C14H11FN2O. The summed E-state index contributed by atoms with van der Waals surface area (Å²) in [5.74, 6) is 0.364. The van der Waals surface area contributed by atoms with E-state index in [1.54, 1.807) is 31.2 Å². The molecule has 0 bridgehead atoms. The van der Waals surface area contributed by atoms with Gasteiger partial charge in [0, 0.05) is 6.07 Å². The van der Waals surface area contributed by atoms with Gasteiger partial charge in [-0.25, -0.2) is 4.39 Å². The van der Waals surface area contributed by atoms with Gasteiger partial charge < -0.3 is 10.5 Å². The number of nitrogens with two attached hydrogens (primary N) is 1. The third kappa shape index (κ3) is 2.25. The van der Waals surface area contributed by atoms with Crippen molar-refractivity contribution in [2.75, 3.05) is 5.73 Å². The van der Waals surface area contributed by atoms with Gasteiger partial charge in [-0.3, -0.25) is 0 Å². The van der Waals surface area contributed by atoms with E-state index in [1.165, 1.54) is 12.1 Å². The van der Waals surface area contributed by atoms with Crippen molar-refractivity contribution >= 4 is 5.69 Å². The summed E-state index contributed by atoms with van der Waals surface area (Å²) >= 11 is 0. The molecule has 90 valence electrons. The van der Waals surface area contributed by atoms with Crippen molar-refractivity contribution in [1.29, 1.82) is 5.26 Å². The van der Waals surface area contributed by atoms with Gasteiger partial charge in [-0.15, -0.1) is 0 Å². The molecule has 2 aromatic rings. The van der Waals surface area contributed by atoms with Crippen molar-refractivity contribution in [3.05, 3.63) is 53.3 Å². The minimum absolute atomic E-state index is 0.200. The molecule has 0 spiro atoms. The van der Waals surface area contributed by atoms with Gasteiger partial charge in [0.15, 0.2) is 5.75 Å². The average molecular weight is 242 g/mol. The zero-order chi connectivity index (χ0) is 13.1. The molecule has 18 heavy (non-hydrogen) atoms. The summed E-state index contributed by atoms with van der Waals surface area (Å²) in [6.45, 7) is 1.62. The van der Waals surface area contributed by atoms with Crippen molar-refractivity contribution in [2.45, 2.75) is 6.92 Å². The van der Waals surface area contributed by atoms with Gasteiger partial charge in [-0.2, -0.15) is 5.26 Å². The third-order valence-corrected chi connectivity index (χ3v) is 2.52. The summed E-state index contributed by atoms with van der Waals surface area (Å²) < 4.78 is 18.8. The SMILES string of the molecule is Cc1cc(Oc2ccccc2C#N)c(N)cc1F. The number of nitriles is 1. The number of hydrogen-bond donors (Lipinski definition) is 1. The van der Waals surface area contributed by atoms with Gasteiger partial charge in [0.2, 0.25) is 0 Å². The molecule has 0 saturated heterocycles. The summed E-state index contributed by atoms with van der Waals surface area (Å²) in [6, 6.07) is 11.5. The smallest absolute Gasteiger partial charge is 0.150 e. The second kappa shape index (κ2) is 4.76. The van der Waals surface area contributed by atoms with Crippen LogP contribution in [0.25, 0.3) is 0 Å². The first kappa shape index (κ1) is 11.9. The molecule has 0 aliphatic rings. The standard InChI is InChI=1S/C14H11FN2O/c1-9-6-14(12(17)7-11(9)15)18-13-5-3-2-4-10(13)8-16/h2-7H,17H2,1H3. The fourth-order valence-corrected chi connectivity index (χ4v) is 1.53. The zero-order valence-corrected chi connectivity index (χ0v) is 9.77. The number of halogens is 1. The fraction of sp³-hybridized carbons (Fsp3) is 0.0714. The molecule has 0 radical (unpaired) electrons. The van der Waals surface area contributed by atoms with Crippen LogP contribution in [0.5, 0.6) is 11.5 Å². The van der Waals surface area contributed by atoms with Gasteiger partial charge in [0.05, 0.1) is 11.3 Å². The largest absolute Gasteiger partial charge is 0.454 e. The topological polar surface area (TPSA) is 59.0 Å². The van der Waals surface area contributed by atoms with Crippen LogP contribution in [0, 0.1) is 24.1 Å². The van der Waals surface area contributed by atoms with E-state index < -0.39 is 0 Å². The molecule has 0 saturated carbocycles. The second-order valence-electron chi connectivity index (χ2n) is 3.85. The number of ether oxygens (including phenoxy) is 1. The minimum Gasteiger partial charge on any atom is -0.454 e. The van der Waals surface area contributed by atoms with Crippen LogP contribution in [0.15, 0.2) is 36.4 Å². The number of anilines is 1. The molecule has 4 heteroatoms. The van der Waals surface area contributed by atoms with Crippen LogP contribution < -0.4 is 10.5 Å². The fourth-order valence-electron chi connectivity index (χ4n) is 1.53. The maximum Gasteiger partial charge on any atom is 0.150 e. The molecule has 2 rings (SSSR count). The van der Waals surface area contributed by atoms with E-state index in [9.17, 15) is 4.39 Å². The Kier molecular flexibility index (Phi) is 3.16. The number of para-hydroxylation sites is 1. The van der Waals surface area contributed by atoms with Crippen molar-refractivity contribution in [3.63, 3.8) is 0 Å². The number of rotatable bonds is 2. The molecule has 0 amide bonds. The van der Waals surface area contributed by atoms with Gasteiger partial charge in [-0.1, -0.05) is 12.1 Å². The Morgan fingerprint density at radius 2 is 1.94 bits per heavy atom. The Balaban J connectivity index is 2.41. The van der Waals surface area contributed by atoms with Gasteiger partial charge >= 0.3 is 0 Å². The number of aryl methyl sites for hydroxylation is 1. The summed E-state index contributed by atoms with van der Waals surface area (Å²) in [7, 11) is 0. The Hall–Kier alpha value is -2.54. The van der Waals surface area contributed by atoms with Crippen molar-refractivity contribution in [3.8, 4) is 17.6 Å². The van der Waals surface area contributed by atoms with Crippen LogP contribution in [0.1, 0.15) is 11.1 Å². The molecule has 2 aromatic carbocycles. The van der Waals surface area contributed by atoms with Crippen molar-refractivity contribution in [2.24, 2.45) is 0 Å². The lowest BCUT2D eigenvalue weighted by atomic mass is 10.2. The zero-order valence-electron chi connectivity index (χ0n) is 9.77. The average Bonchev–Trinajstić information content (AvgIpc) is 2.36. The first-order valence-corrected chi connectivity index (χ1v) is 5.34. The minimum atomic E-state index is -0.381. The van der Waals surface area contributed by atoms with E-state index in [4.69, 9.17) is 15.7 Å². The summed E-state index contributed by atoms with van der Waals surface area (Å²) in [5.41, 5.74) is 6.72. The molecule has 0 unspecified atom stereocenters. The monoisotopic (exact) mass is 242 g/mol. The van der Waals surface area contributed by atoms with E-state index in [0.29, 0.717) is 22.6 Å². The van der Waals surface area contributed by atoms with E-state index in [-0.39, 0.29) is 11.5 Å². The van der Waals surface area contributed by atoms with Crippen molar-refractivity contribution in [1.82, 2.24) is 0 Å². The molecule has 3 nitrogen and oxygen atoms in total. The highest BCUT2D eigenvalue weighted by Gasteiger charge is 2.09. The third-order valence-electron chi connectivity index (χ3n) is 2.52. The van der Waals surface area contributed by atoms with Gasteiger partial charge in [0.25, 0.3) is 0 Å². The maximum absolute atomic E-state index is 13.3. The first-order valence-electron chi connectivity index (χ1n) is 5.34. The number of benzene rings is 2. The summed E-state index contributed by atoms with van der Waals surface area (Å²) in [6.07, 6.45) is 0. The predicted molar refractivity (Wildman–Crippen MR) is 66.8 cm³/mol. The van der Waals surface area contributed by atoms with E-state index >= 15 is 0 Å². The second-order valence-corrected chi connectivity index (χ2v) is 3.85. The highest BCUT2D eigenvalue weighted by molar-refractivity contribution is 5.57. The van der Waals surface area contributed by atoms with E-state index in [0.717, 1.165) is 0 Å². The van der Waals surface area contributed by atoms with Gasteiger partial charge in [-0.05, 0) is 30.7 Å². The lowest BCUT2D eigenvalue weighted by Crippen LogP contribution is -1.96. The highest BCUT2D eigenvalue weighted by atomic mass is 19.1. The Morgan fingerprint density at radius 1 is 1.22 bits per heavy atom. The molecule has 0 aliphatic heterocycles. The molecular weight excluding hydrogens is 231 g/mol. The van der Waals surface area contributed by atoms with E-state index in [2.05, 4.69) is 0 Å². The van der Waals surface area contributed by atoms with Crippen LogP contribution in [-0.4, -0.2) is 0 Å². The molecule has 0 aromatic heterocycles. The Bertz CT molecular complexity index is 632. The maximum atomic E-state index is 13.3. The normalized spacial score (nSPS) is 9.83. The Labute approximate surface area is 104 Å². The molecule has 0 aliphatic carbocycles. The van der Waals surface area contributed by atoms with Gasteiger partial charge in [0.1, 0.15) is 17.6 Å². The van der Waals surface area contributed by atoms with Crippen LogP contribution in [-0.2, 0) is 0 Å². The molecule has 0 atom stereocenters. The summed E-state index contributed by atoms with van der Waals surface area (Å²) in [5, 5.41) is 8.94. The van der Waals surface area contributed by atoms with Crippen LogP contribution in [0.2, 0.25) is 0 Å². The van der Waals surface area contributed by atoms with Crippen LogP contribution in [0.3, 0.4) is 0 Å². The molecule has 0 fully saturated rings. The van der Waals surface area contributed by atoms with Crippen LogP contribution >= 0.6 is 0 Å².